The largest absolute Gasteiger partial charge is 0.496 e. The Morgan fingerprint density at radius 2 is 2.08 bits per heavy atom. The number of anilines is 1. The number of ether oxygens (including phenoxy) is 1. The van der Waals surface area contributed by atoms with E-state index in [2.05, 4.69) is 4.98 Å². The zero-order valence-electron chi connectivity index (χ0n) is 14.7. The maximum atomic E-state index is 12.8. The zero-order valence-corrected chi connectivity index (χ0v) is 15.5. The van der Waals surface area contributed by atoms with Crippen LogP contribution in [0.5, 0.6) is 5.75 Å². The molecular weight excluding hydrogens is 338 g/mol. The molecule has 2 aromatic rings. The highest BCUT2D eigenvalue weighted by atomic mass is 32.1. The number of piperidine rings is 1. The van der Waals surface area contributed by atoms with Gasteiger partial charge in [-0.05, 0) is 31.0 Å². The molecule has 1 aliphatic rings. The molecule has 134 valence electrons. The summed E-state index contributed by atoms with van der Waals surface area (Å²) < 4.78 is 5.46. The van der Waals surface area contributed by atoms with Crippen LogP contribution < -0.4 is 9.64 Å². The number of likely N-dealkylation sites (tertiary alicyclic amines) is 1. The van der Waals surface area contributed by atoms with Crippen LogP contribution in [0.25, 0.3) is 11.3 Å². The third-order valence-corrected chi connectivity index (χ3v) is 5.36. The number of rotatable bonds is 4. The predicted octanol–water partition coefficient (Wildman–Crippen LogP) is 2.48. The normalized spacial score (nSPS) is 15.3. The standard InChI is InChI=1S/C18H23N3O3S/c1-20(2)18-19-15(11-25-18)14-10-12(4-5-16(14)24-3)17(23)21-8-6-13(22)7-9-21/h4-5,10-11,13,22H,6-9H2,1-3H3. The first-order valence-corrected chi connectivity index (χ1v) is 9.16. The lowest BCUT2D eigenvalue weighted by Crippen LogP contribution is -2.40. The second kappa shape index (κ2) is 7.41. The van der Waals surface area contributed by atoms with Gasteiger partial charge in [0, 0.05) is 43.7 Å². The van der Waals surface area contributed by atoms with E-state index >= 15 is 0 Å². The molecule has 0 unspecified atom stereocenters. The topological polar surface area (TPSA) is 65.9 Å². The van der Waals surface area contributed by atoms with Crippen LogP contribution in [0.3, 0.4) is 0 Å². The van der Waals surface area contributed by atoms with Crippen molar-refractivity contribution in [1.82, 2.24) is 9.88 Å². The smallest absolute Gasteiger partial charge is 0.253 e. The third kappa shape index (κ3) is 3.77. The number of carbonyl (C=O) groups excluding carboxylic acids is 1. The average Bonchev–Trinajstić information content (AvgIpc) is 3.11. The fourth-order valence-corrected chi connectivity index (χ4v) is 3.64. The van der Waals surface area contributed by atoms with Gasteiger partial charge >= 0.3 is 0 Å². The third-order valence-electron chi connectivity index (χ3n) is 4.35. The minimum absolute atomic E-state index is 0.0149. The number of aliphatic hydroxyl groups excluding tert-OH is 1. The number of hydrogen-bond acceptors (Lipinski definition) is 6. The van der Waals surface area contributed by atoms with Crippen molar-refractivity contribution in [2.75, 3.05) is 39.2 Å². The van der Waals surface area contributed by atoms with Gasteiger partial charge in [-0.1, -0.05) is 0 Å². The zero-order chi connectivity index (χ0) is 18.0. The molecule has 0 atom stereocenters. The van der Waals surface area contributed by atoms with Crippen molar-refractivity contribution in [2.24, 2.45) is 0 Å². The van der Waals surface area contributed by atoms with Crippen LogP contribution >= 0.6 is 11.3 Å². The van der Waals surface area contributed by atoms with Gasteiger partial charge in [-0.2, -0.15) is 0 Å². The van der Waals surface area contributed by atoms with Gasteiger partial charge in [-0.15, -0.1) is 11.3 Å². The Bertz CT molecular complexity index is 752. The molecule has 0 spiro atoms. The number of aromatic nitrogens is 1. The van der Waals surface area contributed by atoms with E-state index in [9.17, 15) is 9.90 Å². The Balaban J connectivity index is 1.90. The number of methoxy groups -OCH3 is 1. The number of carbonyl (C=O) groups is 1. The number of amides is 1. The van der Waals surface area contributed by atoms with Crippen molar-refractivity contribution in [1.29, 1.82) is 0 Å². The summed E-state index contributed by atoms with van der Waals surface area (Å²) in [5, 5.41) is 12.5. The van der Waals surface area contributed by atoms with Gasteiger partial charge in [0.05, 0.1) is 18.9 Å². The van der Waals surface area contributed by atoms with Crippen molar-refractivity contribution in [3.8, 4) is 17.0 Å². The SMILES string of the molecule is COc1ccc(C(=O)N2CCC(O)CC2)cc1-c1csc(N(C)C)n1. The maximum absolute atomic E-state index is 12.8. The number of nitrogens with zero attached hydrogens (tertiary/aromatic N) is 3. The Labute approximate surface area is 151 Å². The molecule has 0 saturated carbocycles. The maximum Gasteiger partial charge on any atom is 0.253 e. The molecule has 0 radical (unpaired) electrons. The van der Waals surface area contributed by atoms with E-state index in [-0.39, 0.29) is 12.0 Å². The average molecular weight is 361 g/mol. The molecule has 3 rings (SSSR count). The van der Waals surface area contributed by atoms with Gasteiger partial charge in [0.2, 0.25) is 0 Å². The van der Waals surface area contributed by atoms with Crippen molar-refractivity contribution in [3.63, 3.8) is 0 Å². The summed E-state index contributed by atoms with van der Waals surface area (Å²) in [7, 11) is 5.51. The first-order valence-electron chi connectivity index (χ1n) is 8.28. The lowest BCUT2D eigenvalue weighted by atomic mass is 10.0. The van der Waals surface area contributed by atoms with Crippen molar-refractivity contribution in [3.05, 3.63) is 29.1 Å². The van der Waals surface area contributed by atoms with E-state index in [1.807, 2.05) is 36.5 Å². The summed E-state index contributed by atoms with van der Waals surface area (Å²) in [6, 6.07) is 5.45. The summed E-state index contributed by atoms with van der Waals surface area (Å²) in [5.74, 6) is 0.681. The molecule has 2 heterocycles. The molecule has 1 aromatic heterocycles. The Kier molecular flexibility index (Phi) is 5.24. The fraction of sp³-hybridized carbons (Fsp3) is 0.444. The monoisotopic (exact) mass is 361 g/mol. The second-order valence-electron chi connectivity index (χ2n) is 6.35. The quantitative estimate of drug-likeness (QED) is 0.906. The number of hydrogen-bond donors (Lipinski definition) is 1. The molecule has 7 heteroatoms. The highest BCUT2D eigenvalue weighted by Gasteiger charge is 2.23. The van der Waals surface area contributed by atoms with E-state index in [1.54, 1.807) is 29.4 Å². The molecule has 0 bridgehead atoms. The van der Waals surface area contributed by atoms with Crippen molar-refractivity contribution >= 4 is 22.4 Å². The summed E-state index contributed by atoms with van der Waals surface area (Å²) in [4.78, 5) is 21.1. The molecule has 1 N–H and O–H groups in total. The van der Waals surface area contributed by atoms with E-state index in [0.717, 1.165) is 16.4 Å². The lowest BCUT2D eigenvalue weighted by molar-refractivity contribution is 0.0546. The Morgan fingerprint density at radius 1 is 1.36 bits per heavy atom. The van der Waals surface area contributed by atoms with Crippen LogP contribution in [0.4, 0.5) is 5.13 Å². The van der Waals surface area contributed by atoms with Gasteiger partial charge < -0.3 is 19.6 Å². The van der Waals surface area contributed by atoms with Gasteiger partial charge in [0.1, 0.15) is 5.75 Å². The van der Waals surface area contributed by atoms with Crippen LogP contribution in [0.2, 0.25) is 0 Å². The van der Waals surface area contributed by atoms with Crippen LogP contribution in [0.1, 0.15) is 23.2 Å². The van der Waals surface area contributed by atoms with Crippen LogP contribution in [0, 0.1) is 0 Å². The minimum Gasteiger partial charge on any atom is -0.496 e. The van der Waals surface area contributed by atoms with E-state index in [4.69, 9.17) is 4.74 Å². The highest BCUT2D eigenvalue weighted by molar-refractivity contribution is 7.14. The molecule has 1 aliphatic heterocycles. The highest BCUT2D eigenvalue weighted by Crippen LogP contribution is 2.34. The summed E-state index contributed by atoms with van der Waals surface area (Å²) >= 11 is 1.55. The molecule has 0 aliphatic carbocycles. The van der Waals surface area contributed by atoms with E-state index < -0.39 is 0 Å². The van der Waals surface area contributed by atoms with E-state index in [0.29, 0.717) is 37.2 Å². The van der Waals surface area contributed by atoms with Gasteiger partial charge in [0.25, 0.3) is 5.91 Å². The van der Waals surface area contributed by atoms with Gasteiger partial charge in [-0.3, -0.25) is 4.79 Å². The Morgan fingerprint density at radius 3 is 2.68 bits per heavy atom. The predicted molar refractivity (Wildman–Crippen MR) is 99.6 cm³/mol. The second-order valence-corrected chi connectivity index (χ2v) is 7.18. The summed E-state index contributed by atoms with van der Waals surface area (Å²) in [5.41, 5.74) is 2.23. The van der Waals surface area contributed by atoms with Gasteiger partial charge in [-0.25, -0.2) is 4.98 Å². The lowest BCUT2D eigenvalue weighted by Gasteiger charge is -2.29. The first-order chi connectivity index (χ1) is 12.0. The number of benzene rings is 1. The van der Waals surface area contributed by atoms with Crippen LogP contribution in [-0.2, 0) is 0 Å². The molecule has 25 heavy (non-hydrogen) atoms. The fourth-order valence-electron chi connectivity index (χ4n) is 2.89. The molecule has 1 saturated heterocycles. The molecule has 6 nitrogen and oxygen atoms in total. The Hall–Kier alpha value is -2.12. The van der Waals surface area contributed by atoms with E-state index in [1.165, 1.54) is 0 Å². The molecule has 1 aromatic carbocycles. The number of aliphatic hydroxyl groups is 1. The number of thiazole rings is 1. The van der Waals surface area contributed by atoms with Crippen molar-refractivity contribution in [2.45, 2.75) is 18.9 Å². The van der Waals surface area contributed by atoms with Crippen LogP contribution in [0.15, 0.2) is 23.6 Å². The minimum atomic E-state index is -0.296. The summed E-state index contributed by atoms with van der Waals surface area (Å²) in [6.07, 6.45) is 0.968. The van der Waals surface area contributed by atoms with Crippen molar-refractivity contribution < 1.29 is 14.6 Å². The molecule has 1 fully saturated rings. The molecular formula is C18H23N3O3S. The van der Waals surface area contributed by atoms with Crippen LogP contribution in [-0.4, -0.2) is 61.3 Å². The van der Waals surface area contributed by atoms with Gasteiger partial charge in [0.15, 0.2) is 5.13 Å². The molecule has 1 amide bonds. The summed E-state index contributed by atoms with van der Waals surface area (Å²) in [6.45, 7) is 1.17. The first kappa shape index (κ1) is 17.7.